The number of carbonyl (C=O) groups is 3. The molecule has 0 saturated carbocycles. The highest BCUT2D eigenvalue weighted by atomic mass is 16.5. The monoisotopic (exact) mass is 365 g/mol. The van der Waals surface area contributed by atoms with E-state index in [2.05, 4.69) is 5.32 Å². The highest BCUT2D eigenvalue weighted by Crippen LogP contribution is 2.24. The summed E-state index contributed by atoms with van der Waals surface area (Å²) in [6.45, 7) is -0.459. The Morgan fingerprint density at radius 2 is 1.38 bits per heavy atom. The van der Waals surface area contributed by atoms with Gasteiger partial charge < -0.3 is 20.3 Å². The van der Waals surface area contributed by atoms with Gasteiger partial charge in [-0.25, -0.2) is 4.79 Å². The minimum Gasteiger partial charge on any atom is -0.481 e. The normalized spacial score (nSPS) is 10.3. The van der Waals surface area contributed by atoms with E-state index in [1.165, 1.54) is 0 Å². The lowest BCUT2D eigenvalue weighted by atomic mass is 10.1. The molecule has 1 aromatic rings. The fourth-order valence-electron chi connectivity index (χ4n) is 2.49. The molecule has 0 aliphatic rings. The van der Waals surface area contributed by atoms with Gasteiger partial charge in [0.25, 0.3) is 0 Å². The zero-order valence-corrected chi connectivity index (χ0v) is 14.9. The van der Waals surface area contributed by atoms with E-state index in [1.807, 2.05) is 0 Å². The number of amides is 1. The highest BCUT2D eigenvalue weighted by molar-refractivity contribution is 5.92. The fourth-order valence-corrected chi connectivity index (χ4v) is 2.49. The van der Waals surface area contributed by atoms with Crippen molar-refractivity contribution in [3.63, 3.8) is 0 Å². The predicted molar refractivity (Wildman–Crippen MR) is 97.4 cm³/mol. The van der Waals surface area contributed by atoms with Crippen LogP contribution >= 0.6 is 0 Å². The molecule has 7 nitrogen and oxygen atoms in total. The molecule has 1 rings (SSSR count). The van der Waals surface area contributed by atoms with Gasteiger partial charge in [-0.05, 0) is 25.0 Å². The van der Waals surface area contributed by atoms with Crippen molar-refractivity contribution in [2.45, 2.75) is 57.8 Å². The molecule has 0 aliphatic heterocycles. The van der Waals surface area contributed by atoms with Gasteiger partial charge in [0.1, 0.15) is 5.75 Å². The molecule has 0 radical (unpaired) electrons. The standard InChI is InChI=1S/C19H27NO6/c21-17(12-6-4-2-1-3-5-7-13-18(22)23)20-15-10-8-9-11-16(15)26-14-19(24)25/h8-11H,1-7,12-14H2,(H,20,21)(H,22,23)(H,24,25). The van der Waals surface area contributed by atoms with Crippen molar-refractivity contribution in [3.05, 3.63) is 24.3 Å². The summed E-state index contributed by atoms with van der Waals surface area (Å²) in [5.74, 6) is -1.61. The summed E-state index contributed by atoms with van der Waals surface area (Å²) >= 11 is 0. The number of aliphatic carboxylic acids is 2. The summed E-state index contributed by atoms with van der Waals surface area (Å²) in [6, 6.07) is 6.74. The van der Waals surface area contributed by atoms with Crippen molar-refractivity contribution in [2.24, 2.45) is 0 Å². The number of hydrogen-bond acceptors (Lipinski definition) is 4. The molecule has 0 unspecified atom stereocenters. The van der Waals surface area contributed by atoms with E-state index in [9.17, 15) is 14.4 Å². The van der Waals surface area contributed by atoms with Gasteiger partial charge in [0.15, 0.2) is 6.61 Å². The summed E-state index contributed by atoms with van der Waals surface area (Å²) in [5.41, 5.74) is 0.470. The van der Waals surface area contributed by atoms with Crippen LogP contribution in [0.3, 0.4) is 0 Å². The maximum Gasteiger partial charge on any atom is 0.341 e. The Morgan fingerprint density at radius 3 is 2.00 bits per heavy atom. The number of unbranched alkanes of at least 4 members (excludes halogenated alkanes) is 6. The highest BCUT2D eigenvalue weighted by Gasteiger charge is 2.08. The molecule has 7 heteroatoms. The maximum atomic E-state index is 12.0. The lowest BCUT2D eigenvalue weighted by Crippen LogP contribution is -2.14. The minimum atomic E-state index is -1.07. The molecule has 1 aromatic carbocycles. The zero-order valence-electron chi connectivity index (χ0n) is 14.9. The van der Waals surface area contributed by atoms with Crippen LogP contribution in [-0.4, -0.2) is 34.7 Å². The molecular formula is C19H27NO6. The quantitative estimate of drug-likeness (QED) is 0.433. The van der Waals surface area contributed by atoms with Crippen LogP contribution in [0.15, 0.2) is 24.3 Å². The number of nitrogens with one attached hydrogen (secondary N) is 1. The van der Waals surface area contributed by atoms with Crippen LogP contribution in [-0.2, 0) is 14.4 Å². The molecule has 144 valence electrons. The lowest BCUT2D eigenvalue weighted by Gasteiger charge is -2.11. The Morgan fingerprint density at radius 1 is 0.808 bits per heavy atom. The van der Waals surface area contributed by atoms with Gasteiger partial charge in [-0.15, -0.1) is 0 Å². The van der Waals surface area contributed by atoms with E-state index < -0.39 is 18.5 Å². The van der Waals surface area contributed by atoms with Crippen molar-refractivity contribution in [2.75, 3.05) is 11.9 Å². The van der Waals surface area contributed by atoms with Gasteiger partial charge in [-0.3, -0.25) is 9.59 Å². The number of carboxylic acids is 2. The van der Waals surface area contributed by atoms with E-state index in [4.69, 9.17) is 14.9 Å². The minimum absolute atomic E-state index is 0.127. The molecule has 0 atom stereocenters. The Bertz CT molecular complexity index is 587. The summed E-state index contributed by atoms with van der Waals surface area (Å²) in [5, 5.41) is 20.0. The van der Waals surface area contributed by atoms with Crippen LogP contribution in [0.2, 0.25) is 0 Å². The van der Waals surface area contributed by atoms with Gasteiger partial charge in [-0.1, -0.05) is 44.2 Å². The predicted octanol–water partition coefficient (Wildman–Crippen LogP) is 3.68. The molecule has 0 aliphatic carbocycles. The third kappa shape index (κ3) is 10.3. The first kappa shape index (κ1) is 21.5. The summed E-state index contributed by atoms with van der Waals surface area (Å²) < 4.78 is 5.15. The molecule has 0 spiro atoms. The first-order valence-electron chi connectivity index (χ1n) is 8.94. The number of carbonyl (C=O) groups excluding carboxylic acids is 1. The van der Waals surface area contributed by atoms with Crippen molar-refractivity contribution in [1.82, 2.24) is 0 Å². The van der Waals surface area contributed by atoms with E-state index in [0.29, 0.717) is 17.9 Å². The lowest BCUT2D eigenvalue weighted by molar-refractivity contribution is -0.139. The van der Waals surface area contributed by atoms with Crippen LogP contribution in [0.25, 0.3) is 0 Å². The number of ether oxygens (including phenoxy) is 1. The van der Waals surface area contributed by atoms with Crippen LogP contribution < -0.4 is 10.1 Å². The van der Waals surface area contributed by atoms with E-state index in [0.717, 1.165) is 44.9 Å². The number of hydrogen-bond donors (Lipinski definition) is 3. The second kappa shape index (κ2) is 12.7. The average Bonchev–Trinajstić information content (AvgIpc) is 2.59. The molecule has 26 heavy (non-hydrogen) atoms. The first-order chi connectivity index (χ1) is 12.5. The molecule has 0 saturated heterocycles. The Hall–Kier alpha value is -2.57. The number of benzene rings is 1. The number of carboxylic acid groups (broad SMARTS) is 2. The SMILES string of the molecule is O=C(O)CCCCCCCCCC(=O)Nc1ccccc1OCC(=O)O. The Labute approximate surface area is 153 Å². The van der Waals surface area contributed by atoms with Crippen molar-refractivity contribution in [3.8, 4) is 5.75 Å². The topological polar surface area (TPSA) is 113 Å². The van der Waals surface area contributed by atoms with Gasteiger partial charge in [-0.2, -0.15) is 0 Å². The van der Waals surface area contributed by atoms with Gasteiger partial charge in [0, 0.05) is 12.8 Å². The smallest absolute Gasteiger partial charge is 0.341 e. The van der Waals surface area contributed by atoms with Crippen molar-refractivity contribution < 1.29 is 29.3 Å². The van der Waals surface area contributed by atoms with Gasteiger partial charge in [0.2, 0.25) is 5.91 Å². The number of anilines is 1. The van der Waals surface area contributed by atoms with Crippen LogP contribution in [0.4, 0.5) is 5.69 Å². The van der Waals surface area contributed by atoms with Crippen molar-refractivity contribution >= 4 is 23.5 Å². The van der Waals surface area contributed by atoms with E-state index >= 15 is 0 Å². The maximum absolute atomic E-state index is 12.0. The van der Waals surface area contributed by atoms with Crippen LogP contribution in [0.5, 0.6) is 5.75 Å². The molecule has 3 N–H and O–H groups in total. The van der Waals surface area contributed by atoms with Crippen LogP contribution in [0.1, 0.15) is 57.8 Å². The molecule has 0 bridgehead atoms. The zero-order chi connectivity index (χ0) is 19.2. The van der Waals surface area contributed by atoms with E-state index in [1.54, 1.807) is 24.3 Å². The largest absolute Gasteiger partial charge is 0.481 e. The molecule has 0 aromatic heterocycles. The molecule has 0 fully saturated rings. The average molecular weight is 365 g/mol. The summed E-state index contributed by atoms with van der Waals surface area (Å²) in [4.78, 5) is 33.0. The number of para-hydroxylation sites is 2. The third-order valence-electron chi connectivity index (χ3n) is 3.81. The summed E-state index contributed by atoms with van der Waals surface area (Å²) in [7, 11) is 0. The second-order valence-electron chi connectivity index (χ2n) is 6.10. The molecular weight excluding hydrogens is 338 g/mol. The molecule has 0 heterocycles. The molecule has 1 amide bonds. The Balaban J connectivity index is 2.17. The second-order valence-corrected chi connectivity index (χ2v) is 6.10. The van der Waals surface area contributed by atoms with Gasteiger partial charge in [0.05, 0.1) is 5.69 Å². The van der Waals surface area contributed by atoms with Crippen LogP contribution in [0, 0.1) is 0 Å². The van der Waals surface area contributed by atoms with Gasteiger partial charge >= 0.3 is 11.9 Å². The first-order valence-corrected chi connectivity index (χ1v) is 8.94. The summed E-state index contributed by atoms with van der Waals surface area (Å²) in [6.07, 6.45) is 7.10. The third-order valence-corrected chi connectivity index (χ3v) is 3.81. The van der Waals surface area contributed by atoms with E-state index in [-0.39, 0.29) is 12.3 Å². The number of rotatable bonds is 14. The fraction of sp³-hybridized carbons (Fsp3) is 0.526. The Kier molecular flexibility index (Phi) is 10.5. The van der Waals surface area contributed by atoms with Crippen molar-refractivity contribution in [1.29, 1.82) is 0 Å².